The van der Waals surface area contributed by atoms with Gasteiger partial charge in [-0.1, -0.05) is 5.16 Å². The fourth-order valence-electron chi connectivity index (χ4n) is 3.17. The van der Waals surface area contributed by atoms with Crippen LogP contribution < -0.4 is 0 Å². The first-order valence-corrected chi connectivity index (χ1v) is 7.73. The number of hydrogen-bond acceptors (Lipinski definition) is 6. The highest BCUT2D eigenvalue weighted by Crippen LogP contribution is 2.28. The fraction of sp³-hybridized carbons (Fsp3) is 0.667. The first kappa shape index (κ1) is 15.2. The molecule has 7 nitrogen and oxygen atoms in total. The van der Waals surface area contributed by atoms with Gasteiger partial charge in [-0.2, -0.15) is 0 Å². The third-order valence-electron chi connectivity index (χ3n) is 4.66. The second kappa shape index (κ2) is 6.18. The molecule has 7 heteroatoms. The summed E-state index contributed by atoms with van der Waals surface area (Å²) in [5.41, 5.74) is 2.19. The second-order valence-electron chi connectivity index (χ2n) is 6.04. The lowest BCUT2D eigenvalue weighted by Crippen LogP contribution is -2.33. The molecule has 1 saturated heterocycles. The van der Waals surface area contributed by atoms with Gasteiger partial charge in [-0.15, -0.1) is 10.2 Å². The molecular formula is C15H23N5O2. The number of likely N-dealkylation sites (tertiary alicyclic amines) is 1. The molecule has 120 valence electrons. The summed E-state index contributed by atoms with van der Waals surface area (Å²) in [7, 11) is 1.93. The Kier molecular flexibility index (Phi) is 4.26. The van der Waals surface area contributed by atoms with E-state index in [0.29, 0.717) is 11.7 Å². The lowest BCUT2D eigenvalue weighted by atomic mass is 9.95. The van der Waals surface area contributed by atoms with Gasteiger partial charge in [-0.3, -0.25) is 4.90 Å². The van der Waals surface area contributed by atoms with E-state index in [4.69, 9.17) is 4.52 Å². The maximum Gasteiger partial charge on any atom is 0.158 e. The summed E-state index contributed by atoms with van der Waals surface area (Å²) in [4.78, 5) is 2.44. The zero-order valence-electron chi connectivity index (χ0n) is 13.4. The summed E-state index contributed by atoms with van der Waals surface area (Å²) in [6.45, 7) is 6.85. The minimum absolute atomic E-state index is 0.0611. The van der Waals surface area contributed by atoms with E-state index in [9.17, 15) is 5.11 Å². The number of rotatable bonds is 4. The van der Waals surface area contributed by atoms with Gasteiger partial charge >= 0.3 is 0 Å². The Morgan fingerprint density at radius 2 is 1.95 bits per heavy atom. The smallest absolute Gasteiger partial charge is 0.158 e. The monoisotopic (exact) mass is 305 g/mol. The minimum Gasteiger partial charge on any atom is -0.388 e. The van der Waals surface area contributed by atoms with Crippen molar-refractivity contribution in [1.82, 2.24) is 24.8 Å². The van der Waals surface area contributed by atoms with E-state index in [1.165, 1.54) is 5.56 Å². The molecule has 1 N–H and O–H groups in total. The maximum absolute atomic E-state index is 9.22. The lowest BCUT2D eigenvalue weighted by Gasteiger charge is -2.31. The number of aryl methyl sites for hydroxylation is 2. The predicted octanol–water partition coefficient (Wildman–Crippen LogP) is 1.29. The number of piperidine rings is 1. The van der Waals surface area contributed by atoms with Gasteiger partial charge in [0.1, 0.15) is 18.2 Å². The first-order valence-electron chi connectivity index (χ1n) is 7.73. The molecule has 0 saturated carbocycles. The maximum atomic E-state index is 9.22. The quantitative estimate of drug-likeness (QED) is 0.917. The van der Waals surface area contributed by atoms with Crippen LogP contribution in [0, 0.1) is 13.8 Å². The fourth-order valence-corrected chi connectivity index (χ4v) is 3.17. The molecule has 3 rings (SSSR count). The number of aliphatic hydroxyl groups is 1. The van der Waals surface area contributed by atoms with Crippen LogP contribution in [0.5, 0.6) is 0 Å². The molecule has 0 aliphatic carbocycles. The Balaban J connectivity index is 1.62. The van der Waals surface area contributed by atoms with Gasteiger partial charge < -0.3 is 14.2 Å². The van der Waals surface area contributed by atoms with Crippen LogP contribution in [0.1, 0.15) is 47.4 Å². The molecular weight excluding hydrogens is 282 g/mol. The van der Waals surface area contributed by atoms with E-state index < -0.39 is 0 Å². The van der Waals surface area contributed by atoms with Crippen LogP contribution in [-0.2, 0) is 20.2 Å². The van der Waals surface area contributed by atoms with Gasteiger partial charge in [-0.05, 0) is 39.8 Å². The SMILES string of the molecule is Cc1noc(C)c1CN1CCC(c2nnc(CO)n2C)CC1. The Morgan fingerprint density at radius 3 is 2.50 bits per heavy atom. The molecule has 0 radical (unpaired) electrons. The van der Waals surface area contributed by atoms with Crippen LogP contribution in [-0.4, -0.2) is 43.0 Å². The van der Waals surface area contributed by atoms with E-state index >= 15 is 0 Å². The highest BCUT2D eigenvalue weighted by atomic mass is 16.5. The minimum atomic E-state index is -0.0611. The molecule has 0 unspecified atom stereocenters. The van der Waals surface area contributed by atoms with Crippen molar-refractivity contribution in [3.8, 4) is 0 Å². The average molecular weight is 305 g/mol. The van der Waals surface area contributed by atoms with Crippen molar-refractivity contribution in [3.05, 3.63) is 28.7 Å². The van der Waals surface area contributed by atoms with Crippen LogP contribution in [0.2, 0.25) is 0 Å². The molecule has 0 amide bonds. The zero-order valence-corrected chi connectivity index (χ0v) is 13.4. The Hall–Kier alpha value is -1.73. The van der Waals surface area contributed by atoms with Gasteiger partial charge in [0, 0.05) is 25.1 Å². The Bertz CT molecular complexity index is 621. The van der Waals surface area contributed by atoms with E-state index in [1.807, 2.05) is 25.5 Å². The topological polar surface area (TPSA) is 80.2 Å². The van der Waals surface area contributed by atoms with Crippen LogP contribution in [0.3, 0.4) is 0 Å². The lowest BCUT2D eigenvalue weighted by molar-refractivity contribution is 0.199. The Labute approximate surface area is 129 Å². The van der Waals surface area contributed by atoms with Crippen LogP contribution >= 0.6 is 0 Å². The molecule has 1 aliphatic heterocycles. The molecule has 22 heavy (non-hydrogen) atoms. The molecule has 0 bridgehead atoms. The van der Waals surface area contributed by atoms with E-state index in [1.54, 1.807) is 0 Å². The van der Waals surface area contributed by atoms with Crippen molar-refractivity contribution in [2.75, 3.05) is 13.1 Å². The van der Waals surface area contributed by atoms with Gasteiger partial charge in [0.2, 0.25) is 0 Å². The van der Waals surface area contributed by atoms with Crippen LogP contribution in [0.15, 0.2) is 4.52 Å². The van der Waals surface area contributed by atoms with Crippen molar-refractivity contribution < 1.29 is 9.63 Å². The molecule has 3 heterocycles. The largest absolute Gasteiger partial charge is 0.388 e. The summed E-state index contributed by atoms with van der Waals surface area (Å²) in [6, 6.07) is 0. The first-order chi connectivity index (χ1) is 10.6. The van der Waals surface area contributed by atoms with Gasteiger partial charge in [0.05, 0.1) is 5.69 Å². The molecule has 0 atom stereocenters. The normalized spacial score (nSPS) is 17.3. The third-order valence-corrected chi connectivity index (χ3v) is 4.66. The number of hydrogen-bond donors (Lipinski definition) is 1. The molecule has 0 spiro atoms. The van der Waals surface area contributed by atoms with E-state index in [2.05, 4.69) is 20.3 Å². The molecule has 2 aromatic heterocycles. The molecule has 0 aromatic carbocycles. The molecule has 1 fully saturated rings. The summed E-state index contributed by atoms with van der Waals surface area (Å²) in [6.07, 6.45) is 2.11. The number of aliphatic hydroxyl groups excluding tert-OH is 1. The van der Waals surface area contributed by atoms with Crippen LogP contribution in [0.4, 0.5) is 0 Å². The summed E-state index contributed by atoms with van der Waals surface area (Å²) >= 11 is 0. The molecule has 2 aromatic rings. The van der Waals surface area contributed by atoms with E-state index in [0.717, 1.165) is 49.8 Å². The van der Waals surface area contributed by atoms with Crippen molar-refractivity contribution in [2.24, 2.45) is 7.05 Å². The second-order valence-corrected chi connectivity index (χ2v) is 6.04. The highest BCUT2D eigenvalue weighted by Gasteiger charge is 2.26. The van der Waals surface area contributed by atoms with Crippen molar-refractivity contribution in [2.45, 2.75) is 45.8 Å². The highest BCUT2D eigenvalue weighted by molar-refractivity contribution is 5.20. The average Bonchev–Trinajstić information content (AvgIpc) is 3.05. The summed E-state index contributed by atoms with van der Waals surface area (Å²) < 4.78 is 7.16. The van der Waals surface area contributed by atoms with Crippen LogP contribution in [0.25, 0.3) is 0 Å². The number of nitrogens with zero attached hydrogens (tertiary/aromatic N) is 5. The van der Waals surface area contributed by atoms with Gasteiger partial charge in [0.15, 0.2) is 5.82 Å². The third kappa shape index (κ3) is 2.78. The Morgan fingerprint density at radius 1 is 1.23 bits per heavy atom. The zero-order chi connectivity index (χ0) is 15.7. The van der Waals surface area contributed by atoms with Crippen molar-refractivity contribution in [3.63, 3.8) is 0 Å². The van der Waals surface area contributed by atoms with Crippen molar-refractivity contribution in [1.29, 1.82) is 0 Å². The molecule has 1 aliphatic rings. The summed E-state index contributed by atoms with van der Waals surface area (Å²) in [5.74, 6) is 2.95. The predicted molar refractivity (Wildman–Crippen MR) is 80.2 cm³/mol. The number of aromatic nitrogens is 4. The van der Waals surface area contributed by atoms with E-state index in [-0.39, 0.29) is 6.61 Å². The standard InChI is InChI=1S/C15H23N5O2/c1-10-13(11(2)22-18-10)8-20-6-4-12(5-7-20)15-17-16-14(9-21)19(15)3/h12,21H,4-9H2,1-3H3. The van der Waals surface area contributed by atoms with Gasteiger partial charge in [0.25, 0.3) is 0 Å². The van der Waals surface area contributed by atoms with Crippen molar-refractivity contribution >= 4 is 0 Å². The van der Waals surface area contributed by atoms with Gasteiger partial charge in [-0.25, -0.2) is 0 Å². The summed E-state index contributed by atoms with van der Waals surface area (Å²) in [5, 5.41) is 21.5.